The molecule has 0 fully saturated rings. The van der Waals surface area contributed by atoms with Crippen LogP contribution in [0.4, 0.5) is 0 Å². The molecule has 0 atom stereocenters. The summed E-state index contributed by atoms with van der Waals surface area (Å²) in [5.74, 6) is -0.0900. The van der Waals surface area contributed by atoms with E-state index in [1.54, 1.807) is 12.1 Å². The van der Waals surface area contributed by atoms with E-state index in [9.17, 15) is 9.59 Å². The minimum Gasteiger partial charge on any atom is -0.396 e. The Bertz CT molecular complexity index is 393. The highest BCUT2D eigenvalue weighted by atomic mass is 16.3. The third kappa shape index (κ3) is 6.69. The fraction of sp³-hybridized carbons (Fsp3) is 0.429. The molecule has 0 unspecified atom stereocenters. The van der Waals surface area contributed by atoms with Crippen LogP contribution in [-0.4, -0.2) is 43.0 Å². The number of nitrogens with one attached hydrogen (secondary N) is 2. The largest absolute Gasteiger partial charge is 0.396 e. The molecule has 1 rings (SSSR count). The summed E-state index contributed by atoms with van der Waals surface area (Å²) in [5.41, 5.74) is 0.700. The zero-order chi connectivity index (χ0) is 13.9. The summed E-state index contributed by atoms with van der Waals surface area (Å²) < 4.78 is 0. The first kappa shape index (κ1) is 15.3. The number of Topliss-reactive ketones (excluding diaryl/α,β-unsaturated/α-hetero) is 1. The first-order valence-corrected chi connectivity index (χ1v) is 6.40. The van der Waals surface area contributed by atoms with Gasteiger partial charge in [0, 0.05) is 18.5 Å². The van der Waals surface area contributed by atoms with Crippen molar-refractivity contribution in [2.45, 2.75) is 12.8 Å². The molecule has 0 aromatic heterocycles. The second-order valence-electron chi connectivity index (χ2n) is 4.14. The lowest BCUT2D eigenvalue weighted by molar-refractivity contribution is -0.121. The van der Waals surface area contributed by atoms with E-state index in [-0.39, 0.29) is 24.7 Å². The molecule has 3 N–H and O–H groups in total. The van der Waals surface area contributed by atoms with Gasteiger partial charge < -0.3 is 15.7 Å². The summed E-state index contributed by atoms with van der Waals surface area (Å²) in [6.45, 7) is 1.38. The first-order valence-electron chi connectivity index (χ1n) is 6.40. The lowest BCUT2D eigenvalue weighted by atomic mass is 10.1. The van der Waals surface area contributed by atoms with Crippen molar-refractivity contribution in [2.24, 2.45) is 0 Å². The van der Waals surface area contributed by atoms with E-state index in [1.165, 1.54) is 0 Å². The minimum atomic E-state index is -0.150. The van der Waals surface area contributed by atoms with Crippen LogP contribution >= 0.6 is 0 Å². The van der Waals surface area contributed by atoms with E-state index in [4.69, 9.17) is 5.11 Å². The van der Waals surface area contributed by atoms with Crippen molar-refractivity contribution in [1.82, 2.24) is 10.6 Å². The Balaban J connectivity index is 2.05. The molecule has 5 nitrogen and oxygen atoms in total. The minimum absolute atomic E-state index is 0.0601. The molecule has 0 aliphatic rings. The zero-order valence-corrected chi connectivity index (χ0v) is 10.9. The van der Waals surface area contributed by atoms with E-state index in [0.29, 0.717) is 25.2 Å². The van der Waals surface area contributed by atoms with E-state index in [0.717, 1.165) is 6.42 Å². The highest BCUT2D eigenvalue weighted by Crippen LogP contribution is 1.98. The number of carbonyl (C=O) groups is 2. The van der Waals surface area contributed by atoms with Gasteiger partial charge in [0.15, 0.2) is 5.78 Å². The van der Waals surface area contributed by atoms with Crippen molar-refractivity contribution in [1.29, 1.82) is 0 Å². The molecule has 0 radical (unpaired) electrons. The zero-order valence-electron chi connectivity index (χ0n) is 10.9. The van der Waals surface area contributed by atoms with Gasteiger partial charge in [-0.05, 0) is 13.0 Å². The van der Waals surface area contributed by atoms with Crippen molar-refractivity contribution >= 4 is 11.7 Å². The van der Waals surface area contributed by atoms with Gasteiger partial charge in [0.1, 0.15) is 0 Å². The Labute approximate surface area is 113 Å². The molecule has 0 spiro atoms. The van der Waals surface area contributed by atoms with Gasteiger partial charge in [-0.3, -0.25) is 9.59 Å². The molecule has 19 heavy (non-hydrogen) atoms. The van der Waals surface area contributed by atoms with Gasteiger partial charge in [-0.15, -0.1) is 0 Å². The van der Waals surface area contributed by atoms with Crippen LogP contribution in [0.15, 0.2) is 30.3 Å². The average Bonchev–Trinajstić information content (AvgIpc) is 2.43. The quantitative estimate of drug-likeness (QED) is 0.444. The molecule has 0 saturated heterocycles. The first-order chi connectivity index (χ1) is 9.24. The van der Waals surface area contributed by atoms with Gasteiger partial charge in [-0.1, -0.05) is 30.3 Å². The van der Waals surface area contributed by atoms with E-state index >= 15 is 0 Å². The summed E-state index contributed by atoms with van der Waals surface area (Å²) >= 11 is 0. The van der Waals surface area contributed by atoms with Gasteiger partial charge >= 0.3 is 0 Å². The van der Waals surface area contributed by atoms with Crippen LogP contribution in [-0.2, 0) is 4.79 Å². The molecule has 1 aromatic carbocycles. The number of amides is 1. The van der Waals surface area contributed by atoms with Crippen molar-refractivity contribution in [3.05, 3.63) is 35.9 Å². The second-order valence-corrected chi connectivity index (χ2v) is 4.14. The molecule has 0 bridgehead atoms. The van der Waals surface area contributed by atoms with Crippen LogP contribution < -0.4 is 10.6 Å². The maximum Gasteiger partial charge on any atom is 0.222 e. The smallest absolute Gasteiger partial charge is 0.222 e. The molecule has 5 heteroatoms. The van der Waals surface area contributed by atoms with Crippen LogP contribution in [0.3, 0.4) is 0 Å². The summed E-state index contributed by atoms with van der Waals surface area (Å²) in [7, 11) is 0. The summed E-state index contributed by atoms with van der Waals surface area (Å²) in [6.07, 6.45) is 0.888. The van der Waals surface area contributed by atoms with Gasteiger partial charge in [0.2, 0.25) is 5.91 Å². The number of hydrogen-bond acceptors (Lipinski definition) is 4. The van der Waals surface area contributed by atoms with Gasteiger partial charge in [0.05, 0.1) is 13.2 Å². The lowest BCUT2D eigenvalue weighted by Crippen LogP contribution is -2.29. The van der Waals surface area contributed by atoms with Crippen molar-refractivity contribution in [3.63, 3.8) is 0 Å². The van der Waals surface area contributed by atoms with Crippen LogP contribution in [0.5, 0.6) is 0 Å². The highest BCUT2D eigenvalue weighted by molar-refractivity contribution is 5.97. The molecule has 1 aromatic rings. The SMILES string of the molecule is O=C(CCO)NCCCNCC(=O)c1ccccc1. The second kappa shape index (κ2) is 9.24. The topological polar surface area (TPSA) is 78.4 Å². The number of hydrogen-bond donors (Lipinski definition) is 3. The van der Waals surface area contributed by atoms with Crippen LogP contribution in [0, 0.1) is 0 Å². The Morgan fingerprint density at radius 1 is 1.11 bits per heavy atom. The maximum absolute atomic E-state index is 11.7. The Hall–Kier alpha value is -1.72. The van der Waals surface area contributed by atoms with Gasteiger partial charge in [-0.25, -0.2) is 0 Å². The number of rotatable bonds is 9. The predicted molar refractivity (Wildman–Crippen MR) is 73.0 cm³/mol. The molecule has 0 aliphatic carbocycles. The van der Waals surface area contributed by atoms with Crippen molar-refractivity contribution in [3.8, 4) is 0 Å². The van der Waals surface area contributed by atoms with E-state index < -0.39 is 0 Å². The third-order valence-electron chi connectivity index (χ3n) is 2.57. The summed E-state index contributed by atoms with van der Waals surface area (Å²) in [4.78, 5) is 22.7. The van der Waals surface area contributed by atoms with Crippen LogP contribution in [0.25, 0.3) is 0 Å². The Morgan fingerprint density at radius 3 is 2.53 bits per heavy atom. The number of ketones is 1. The normalized spacial score (nSPS) is 10.2. The third-order valence-corrected chi connectivity index (χ3v) is 2.57. The molecule has 104 valence electrons. The molecule has 1 amide bonds. The molecule has 0 aliphatic heterocycles. The van der Waals surface area contributed by atoms with Crippen LogP contribution in [0.2, 0.25) is 0 Å². The predicted octanol–water partition coefficient (Wildman–Crippen LogP) is 0.348. The van der Waals surface area contributed by atoms with Gasteiger partial charge in [-0.2, -0.15) is 0 Å². The van der Waals surface area contributed by atoms with Crippen molar-refractivity contribution in [2.75, 3.05) is 26.2 Å². The summed E-state index contributed by atoms with van der Waals surface area (Å²) in [6, 6.07) is 9.13. The van der Waals surface area contributed by atoms with E-state index in [1.807, 2.05) is 18.2 Å². The molecule has 0 heterocycles. The summed E-state index contributed by atoms with van der Waals surface area (Å²) in [5, 5.41) is 14.3. The van der Waals surface area contributed by atoms with Crippen molar-refractivity contribution < 1.29 is 14.7 Å². The number of aliphatic hydroxyl groups excluding tert-OH is 1. The Morgan fingerprint density at radius 2 is 1.84 bits per heavy atom. The average molecular weight is 264 g/mol. The highest BCUT2D eigenvalue weighted by Gasteiger charge is 2.03. The standard InChI is InChI=1S/C14H20N2O3/c17-10-7-14(19)16-9-4-8-15-11-13(18)12-5-2-1-3-6-12/h1-3,5-6,15,17H,4,7-11H2,(H,16,19). The Kier molecular flexibility index (Phi) is 7.46. The number of benzene rings is 1. The fourth-order valence-corrected chi connectivity index (χ4v) is 1.56. The monoisotopic (exact) mass is 264 g/mol. The molecule has 0 saturated carbocycles. The number of aliphatic hydroxyl groups is 1. The fourth-order valence-electron chi connectivity index (χ4n) is 1.56. The van der Waals surface area contributed by atoms with Crippen LogP contribution in [0.1, 0.15) is 23.2 Å². The van der Waals surface area contributed by atoms with E-state index in [2.05, 4.69) is 10.6 Å². The lowest BCUT2D eigenvalue weighted by Gasteiger charge is -2.05. The molecular weight excluding hydrogens is 244 g/mol. The van der Waals surface area contributed by atoms with Gasteiger partial charge in [0.25, 0.3) is 0 Å². The maximum atomic E-state index is 11.7. The number of carbonyl (C=O) groups excluding carboxylic acids is 2. The molecular formula is C14H20N2O3.